The molecule has 36 heavy (non-hydrogen) atoms. The number of aromatic hydroxyl groups is 5. The number of phenols is 5. The molecule has 0 aromatic heterocycles. The Morgan fingerprint density at radius 2 is 1.47 bits per heavy atom. The highest BCUT2D eigenvalue weighted by Crippen LogP contribution is 2.51. The van der Waals surface area contributed by atoms with Gasteiger partial charge in [0.15, 0.2) is 11.5 Å². The minimum Gasteiger partial charge on any atom is -0.508 e. The standard InChI is InChI=1S/C29H24O7/c1-35-27-13-18(6-9-24(27)33)29-28(19-11-21(31)14-22(32)12-19)23-8-3-16(10-26(23)36-29)2-4-17-5-7-20(30)15-25(17)34/h2-15,28-34H,1H3. The molecule has 1 aliphatic rings. The zero-order valence-electron chi connectivity index (χ0n) is 19.3. The van der Waals surface area contributed by atoms with Crippen LogP contribution in [0.5, 0.6) is 40.2 Å². The zero-order valence-corrected chi connectivity index (χ0v) is 19.3. The van der Waals surface area contributed by atoms with Crippen LogP contribution >= 0.6 is 0 Å². The van der Waals surface area contributed by atoms with Crippen molar-refractivity contribution in [2.24, 2.45) is 0 Å². The molecular weight excluding hydrogens is 460 g/mol. The van der Waals surface area contributed by atoms with Crippen molar-refractivity contribution in [1.82, 2.24) is 0 Å². The van der Waals surface area contributed by atoms with E-state index in [-0.39, 0.29) is 34.7 Å². The molecule has 0 saturated carbocycles. The summed E-state index contributed by atoms with van der Waals surface area (Å²) in [5.41, 5.74) is 3.65. The van der Waals surface area contributed by atoms with Gasteiger partial charge in [-0.25, -0.2) is 0 Å². The largest absolute Gasteiger partial charge is 0.508 e. The summed E-state index contributed by atoms with van der Waals surface area (Å²) in [5.74, 6) is 0.409. The van der Waals surface area contributed by atoms with Crippen LogP contribution in [-0.2, 0) is 0 Å². The van der Waals surface area contributed by atoms with Crippen molar-refractivity contribution < 1.29 is 35.0 Å². The predicted molar refractivity (Wildman–Crippen MR) is 135 cm³/mol. The minimum atomic E-state index is -0.518. The van der Waals surface area contributed by atoms with E-state index in [1.165, 1.54) is 31.4 Å². The topological polar surface area (TPSA) is 120 Å². The summed E-state index contributed by atoms with van der Waals surface area (Å²) < 4.78 is 11.7. The lowest BCUT2D eigenvalue weighted by molar-refractivity contribution is 0.221. The van der Waals surface area contributed by atoms with Gasteiger partial charge in [-0.1, -0.05) is 30.4 Å². The average Bonchev–Trinajstić information content (AvgIpc) is 3.22. The van der Waals surface area contributed by atoms with Crippen LogP contribution in [0.2, 0.25) is 0 Å². The summed E-state index contributed by atoms with van der Waals surface area (Å²) in [4.78, 5) is 0. The van der Waals surface area contributed by atoms with E-state index in [0.717, 1.165) is 16.7 Å². The fraction of sp³-hybridized carbons (Fsp3) is 0.103. The van der Waals surface area contributed by atoms with Crippen molar-refractivity contribution in [2.75, 3.05) is 7.11 Å². The van der Waals surface area contributed by atoms with Crippen LogP contribution in [0.3, 0.4) is 0 Å². The highest BCUT2D eigenvalue weighted by Gasteiger charge is 2.37. The van der Waals surface area contributed by atoms with Gasteiger partial charge >= 0.3 is 0 Å². The number of benzene rings is 4. The number of fused-ring (bicyclic) bond motifs is 1. The maximum Gasteiger partial charge on any atom is 0.160 e. The maximum atomic E-state index is 10.1. The third kappa shape index (κ3) is 4.34. The van der Waals surface area contributed by atoms with Crippen LogP contribution in [0.1, 0.15) is 39.8 Å². The highest BCUT2D eigenvalue weighted by molar-refractivity contribution is 5.74. The summed E-state index contributed by atoms with van der Waals surface area (Å²) in [6, 6.07) is 19.5. The maximum absolute atomic E-state index is 10.1. The molecule has 0 radical (unpaired) electrons. The van der Waals surface area contributed by atoms with E-state index < -0.39 is 6.10 Å². The molecule has 4 aromatic carbocycles. The molecule has 0 bridgehead atoms. The van der Waals surface area contributed by atoms with E-state index in [0.29, 0.717) is 22.6 Å². The van der Waals surface area contributed by atoms with Crippen molar-refractivity contribution in [2.45, 2.75) is 12.0 Å². The fourth-order valence-electron chi connectivity index (χ4n) is 4.52. The van der Waals surface area contributed by atoms with Crippen molar-refractivity contribution in [1.29, 1.82) is 0 Å². The van der Waals surface area contributed by atoms with Gasteiger partial charge in [-0.15, -0.1) is 0 Å². The fourth-order valence-corrected chi connectivity index (χ4v) is 4.52. The van der Waals surface area contributed by atoms with E-state index in [4.69, 9.17) is 9.47 Å². The average molecular weight is 485 g/mol. The number of ether oxygens (including phenoxy) is 2. The Morgan fingerprint density at radius 3 is 2.19 bits per heavy atom. The Hall–Kier alpha value is -4.78. The van der Waals surface area contributed by atoms with Gasteiger partial charge in [0.2, 0.25) is 0 Å². The Labute approximate surface area is 207 Å². The molecule has 5 rings (SSSR count). The quantitative estimate of drug-likeness (QED) is 0.232. The van der Waals surface area contributed by atoms with Gasteiger partial charge in [-0.05, 0) is 59.2 Å². The Kier molecular flexibility index (Phi) is 5.82. The van der Waals surface area contributed by atoms with Crippen LogP contribution in [0, 0.1) is 0 Å². The van der Waals surface area contributed by atoms with Gasteiger partial charge in [0.05, 0.1) is 13.0 Å². The van der Waals surface area contributed by atoms with Gasteiger partial charge in [0.1, 0.15) is 34.9 Å². The van der Waals surface area contributed by atoms with Gasteiger partial charge in [0, 0.05) is 23.3 Å². The van der Waals surface area contributed by atoms with Gasteiger partial charge in [0.25, 0.3) is 0 Å². The summed E-state index contributed by atoms with van der Waals surface area (Å²) in [6.45, 7) is 0. The molecule has 182 valence electrons. The molecule has 5 N–H and O–H groups in total. The van der Waals surface area contributed by atoms with E-state index in [1.54, 1.807) is 36.4 Å². The monoisotopic (exact) mass is 484 g/mol. The van der Waals surface area contributed by atoms with Crippen molar-refractivity contribution >= 4 is 12.2 Å². The highest BCUT2D eigenvalue weighted by atomic mass is 16.5. The lowest BCUT2D eigenvalue weighted by atomic mass is 9.84. The summed E-state index contributed by atoms with van der Waals surface area (Å²) in [7, 11) is 1.47. The van der Waals surface area contributed by atoms with Crippen LogP contribution in [-0.4, -0.2) is 32.6 Å². The zero-order chi connectivity index (χ0) is 25.4. The molecule has 0 spiro atoms. The molecule has 2 atom stereocenters. The van der Waals surface area contributed by atoms with Gasteiger partial charge in [-0.2, -0.15) is 0 Å². The molecular formula is C29H24O7. The Bertz CT molecular complexity index is 1450. The SMILES string of the molecule is COc1cc(C2Oc3cc(C=Cc4ccc(O)cc4O)ccc3C2c2cc(O)cc(O)c2)ccc1O. The molecule has 7 heteroatoms. The normalized spacial score (nSPS) is 16.6. The van der Waals surface area contributed by atoms with Crippen LogP contribution in [0.25, 0.3) is 12.2 Å². The first-order valence-corrected chi connectivity index (χ1v) is 11.2. The predicted octanol–water partition coefficient (Wildman–Crippen LogP) is 5.66. The minimum absolute atomic E-state index is 0.00761. The van der Waals surface area contributed by atoms with Crippen LogP contribution < -0.4 is 9.47 Å². The van der Waals surface area contributed by atoms with Gasteiger partial charge in [-0.3, -0.25) is 0 Å². The third-order valence-electron chi connectivity index (χ3n) is 6.22. The van der Waals surface area contributed by atoms with E-state index >= 15 is 0 Å². The number of hydrogen-bond donors (Lipinski definition) is 5. The third-order valence-corrected chi connectivity index (χ3v) is 6.22. The number of phenolic OH excluding ortho intramolecular Hbond substituents is 5. The molecule has 0 amide bonds. The summed E-state index contributed by atoms with van der Waals surface area (Å²) in [6.07, 6.45) is 3.04. The number of methoxy groups -OCH3 is 1. The Morgan fingerprint density at radius 1 is 0.694 bits per heavy atom. The second-order valence-corrected chi connectivity index (χ2v) is 8.60. The summed E-state index contributed by atoms with van der Waals surface area (Å²) >= 11 is 0. The molecule has 4 aromatic rings. The smallest absolute Gasteiger partial charge is 0.160 e. The molecule has 2 unspecified atom stereocenters. The van der Waals surface area contributed by atoms with E-state index in [2.05, 4.69) is 0 Å². The molecule has 1 aliphatic heterocycles. The van der Waals surface area contributed by atoms with Crippen molar-refractivity contribution in [3.63, 3.8) is 0 Å². The summed E-state index contributed by atoms with van der Waals surface area (Å²) in [5, 5.41) is 49.9. The number of rotatable bonds is 5. The van der Waals surface area contributed by atoms with Crippen LogP contribution in [0.4, 0.5) is 0 Å². The van der Waals surface area contributed by atoms with E-state index in [9.17, 15) is 25.5 Å². The number of hydrogen-bond acceptors (Lipinski definition) is 7. The second-order valence-electron chi connectivity index (χ2n) is 8.60. The Balaban J connectivity index is 1.56. The van der Waals surface area contributed by atoms with E-state index in [1.807, 2.05) is 24.3 Å². The first-order chi connectivity index (χ1) is 17.3. The van der Waals surface area contributed by atoms with Crippen molar-refractivity contribution in [3.8, 4) is 40.2 Å². The first kappa shape index (κ1) is 23.0. The first-order valence-electron chi connectivity index (χ1n) is 11.2. The lowest BCUT2D eigenvalue weighted by Gasteiger charge is -2.21. The molecule has 0 saturated heterocycles. The molecule has 7 nitrogen and oxygen atoms in total. The van der Waals surface area contributed by atoms with Crippen molar-refractivity contribution in [3.05, 3.63) is 101 Å². The second kappa shape index (κ2) is 9.11. The van der Waals surface area contributed by atoms with Gasteiger partial charge < -0.3 is 35.0 Å². The molecule has 0 fully saturated rings. The lowest BCUT2D eigenvalue weighted by Crippen LogP contribution is -2.11. The molecule has 0 aliphatic carbocycles. The van der Waals surface area contributed by atoms with Crippen LogP contribution in [0.15, 0.2) is 72.8 Å². The molecule has 1 heterocycles.